The van der Waals surface area contributed by atoms with E-state index >= 15 is 0 Å². The summed E-state index contributed by atoms with van der Waals surface area (Å²) in [5, 5.41) is 11.7. The number of likely N-dealkylation sites (tertiary alicyclic amines) is 1. The van der Waals surface area contributed by atoms with Crippen LogP contribution in [0.2, 0.25) is 0 Å². The number of carbonyl (C=O) groups excluding carboxylic acids is 2. The second-order valence-corrected chi connectivity index (χ2v) is 7.00. The van der Waals surface area contributed by atoms with Crippen molar-refractivity contribution in [1.29, 1.82) is 0 Å². The lowest BCUT2D eigenvalue weighted by Crippen LogP contribution is -2.50. The van der Waals surface area contributed by atoms with Crippen LogP contribution in [0, 0.1) is 5.92 Å². The van der Waals surface area contributed by atoms with Crippen LogP contribution in [-0.2, 0) is 9.59 Å². The molecule has 2 N–H and O–H groups in total. The number of benzene rings is 1. The van der Waals surface area contributed by atoms with Gasteiger partial charge in [0.15, 0.2) is 0 Å². The summed E-state index contributed by atoms with van der Waals surface area (Å²) in [6.45, 7) is 3.73. The molecule has 0 aromatic heterocycles. The van der Waals surface area contributed by atoms with Crippen molar-refractivity contribution in [3.05, 3.63) is 34.3 Å². The minimum atomic E-state index is -0.961. The highest BCUT2D eigenvalue weighted by atomic mass is 79.9. The van der Waals surface area contributed by atoms with Crippen molar-refractivity contribution in [3.8, 4) is 0 Å². The first-order valence-electron chi connectivity index (χ1n) is 7.91. The SMILES string of the molecule is CC(NC(=O)C1CCCN1C(=O)c1ccc(Br)cc1)C(C)C(=O)O. The van der Waals surface area contributed by atoms with Gasteiger partial charge >= 0.3 is 5.97 Å². The minimum absolute atomic E-state index is 0.181. The van der Waals surface area contributed by atoms with Crippen LogP contribution in [0.5, 0.6) is 0 Å². The number of carboxylic acids is 1. The highest BCUT2D eigenvalue weighted by Crippen LogP contribution is 2.22. The molecule has 7 heteroatoms. The Kier molecular flexibility index (Phi) is 5.99. The second-order valence-electron chi connectivity index (χ2n) is 6.09. The van der Waals surface area contributed by atoms with Crippen molar-refractivity contribution in [2.45, 2.75) is 38.8 Å². The lowest BCUT2D eigenvalue weighted by Gasteiger charge is -2.26. The number of carboxylic acid groups (broad SMARTS) is 1. The summed E-state index contributed by atoms with van der Waals surface area (Å²) in [6.07, 6.45) is 1.34. The fourth-order valence-electron chi connectivity index (χ4n) is 2.70. The van der Waals surface area contributed by atoms with Crippen molar-refractivity contribution in [2.24, 2.45) is 5.92 Å². The fourth-order valence-corrected chi connectivity index (χ4v) is 2.96. The zero-order valence-electron chi connectivity index (χ0n) is 13.7. The summed E-state index contributed by atoms with van der Waals surface area (Å²) in [4.78, 5) is 37.7. The Bertz CT molecular complexity index is 632. The van der Waals surface area contributed by atoms with Crippen LogP contribution in [0.1, 0.15) is 37.0 Å². The quantitative estimate of drug-likeness (QED) is 0.798. The van der Waals surface area contributed by atoms with Gasteiger partial charge in [0.05, 0.1) is 5.92 Å². The van der Waals surface area contributed by atoms with E-state index < -0.39 is 24.0 Å². The largest absolute Gasteiger partial charge is 0.481 e. The van der Waals surface area contributed by atoms with E-state index in [9.17, 15) is 14.4 Å². The van der Waals surface area contributed by atoms with Crippen molar-refractivity contribution in [3.63, 3.8) is 0 Å². The van der Waals surface area contributed by atoms with E-state index in [4.69, 9.17) is 5.11 Å². The number of nitrogens with one attached hydrogen (secondary N) is 1. The zero-order valence-corrected chi connectivity index (χ0v) is 15.2. The molecule has 1 aliphatic rings. The number of rotatable bonds is 5. The summed E-state index contributed by atoms with van der Waals surface area (Å²) in [5.74, 6) is -2.12. The molecule has 0 radical (unpaired) electrons. The maximum absolute atomic E-state index is 12.6. The van der Waals surface area contributed by atoms with E-state index in [0.29, 0.717) is 18.5 Å². The number of hydrogen-bond donors (Lipinski definition) is 2. The maximum atomic E-state index is 12.6. The fraction of sp³-hybridized carbons (Fsp3) is 0.471. The number of aliphatic carboxylic acids is 1. The highest BCUT2D eigenvalue weighted by molar-refractivity contribution is 9.10. The summed E-state index contributed by atoms with van der Waals surface area (Å²) >= 11 is 3.33. The van der Waals surface area contributed by atoms with E-state index in [1.165, 1.54) is 0 Å². The Balaban J connectivity index is 2.06. The molecule has 1 heterocycles. The number of nitrogens with zero attached hydrogens (tertiary/aromatic N) is 1. The average molecular weight is 397 g/mol. The number of amides is 2. The number of halogens is 1. The van der Waals surface area contributed by atoms with Gasteiger partial charge in [0.2, 0.25) is 5.91 Å². The molecule has 2 amide bonds. The molecule has 0 bridgehead atoms. The van der Waals surface area contributed by atoms with Crippen LogP contribution in [0.15, 0.2) is 28.7 Å². The molecule has 1 fully saturated rings. The Morgan fingerprint density at radius 1 is 1.25 bits per heavy atom. The molecular weight excluding hydrogens is 376 g/mol. The van der Waals surface area contributed by atoms with Gasteiger partial charge in [0, 0.05) is 22.6 Å². The smallest absolute Gasteiger partial charge is 0.308 e. The number of hydrogen-bond acceptors (Lipinski definition) is 3. The third-order valence-electron chi connectivity index (χ3n) is 4.42. The molecule has 3 unspecified atom stereocenters. The Labute approximate surface area is 149 Å². The molecular formula is C17H21BrN2O4. The molecule has 3 atom stereocenters. The Hall–Kier alpha value is -1.89. The average Bonchev–Trinajstić information content (AvgIpc) is 3.03. The molecule has 1 aromatic rings. The third kappa shape index (κ3) is 4.14. The van der Waals surface area contributed by atoms with Gasteiger partial charge in [-0.3, -0.25) is 14.4 Å². The standard InChI is InChI=1S/C17H21BrN2O4/c1-10(17(23)24)11(2)19-15(21)14-4-3-9-20(14)16(22)12-5-7-13(18)8-6-12/h5-8,10-11,14H,3-4,9H2,1-2H3,(H,19,21)(H,23,24). The van der Waals surface area contributed by atoms with Gasteiger partial charge in [-0.05, 0) is 51.0 Å². The van der Waals surface area contributed by atoms with Gasteiger partial charge in [0.1, 0.15) is 6.04 Å². The van der Waals surface area contributed by atoms with Gasteiger partial charge in [0.25, 0.3) is 5.91 Å². The van der Waals surface area contributed by atoms with E-state index in [1.807, 2.05) is 0 Å². The minimum Gasteiger partial charge on any atom is -0.481 e. The van der Waals surface area contributed by atoms with Crippen molar-refractivity contribution < 1.29 is 19.5 Å². The van der Waals surface area contributed by atoms with E-state index in [-0.39, 0.29) is 11.8 Å². The molecule has 2 rings (SSSR count). The summed E-state index contributed by atoms with van der Waals surface area (Å²) < 4.78 is 0.881. The van der Waals surface area contributed by atoms with E-state index in [2.05, 4.69) is 21.2 Å². The normalized spacial score (nSPS) is 19.6. The number of carbonyl (C=O) groups is 3. The molecule has 130 valence electrons. The molecule has 6 nitrogen and oxygen atoms in total. The van der Waals surface area contributed by atoms with Gasteiger partial charge in [-0.25, -0.2) is 0 Å². The molecule has 0 saturated carbocycles. The lowest BCUT2D eigenvalue weighted by atomic mass is 10.0. The Morgan fingerprint density at radius 2 is 1.88 bits per heavy atom. The predicted molar refractivity (Wildman–Crippen MR) is 92.6 cm³/mol. The summed E-state index contributed by atoms with van der Waals surface area (Å²) in [6, 6.07) is 5.96. The van der Waals surface area contributed by atoms with Gasteiger partial charge < -0.3 is 15.3 Å². The van der Waals surface area contributed by atoms with Crippen LogP contribution in [0.25, 0.3) is 0 Å². The molecule has 1 saturated heterocycles. The van der Waals surface area contributed by atoms with Gasteiger partial charge in [-0.2, -0.15) is 0 Å². The highest BCUT2D eigenvalue weighted by Gasteiger charge is 2.35. The van der Waals surface area contributed by atoms with Crippen LogP contribution < -0.4 is 5.32 Å². The molecule has 0 aliphatic carbocycles. The summed E-state index contributed by atoms with van der Waals surface area (Å²) in [5.41, 5.74) is 0.532. The predicted octanol–water partition coefficient (Wildman–Crippen LogP) is 2.28. The first-order chi connectivity index (χ1) is 11.3. The van der Waals surface area contributed by atoms with Crippen molar-refractivity contribution >= 4 is 33.7 Å². The van der Waals surface area contributed by atoms with Crippen molar-refractivity contribution in [2.75, 3.05) is 6.54 Å². The van der Waals surface area contributed by atoms with Crippen LogP contribution >= 0.6 is 15.9 Å². The van der Waals surface area contributed by atoms with Gasteiger partial charge in [-0.1, -0.05) is 15.9 Å². The van der Waals surface area contributed by atoms with E-state index in [1.54, 1.807) is 43.0 Å². The van der Waals surface area contributed by atoms with Crippen LogP contribution in [0.3, 0.4) is 0 Å². The molecule has 1 aliphatic heterocycles. The van der Waals surface area contributed by atoms with Crippen molar-refractivity contribution in [1.82, 2.24) is 10.2 Å². The molecule has 0 spiro atoms. The summed E-state index contributed by atoms with van der Waals surface area (Å²) in [7, 11) is 0. The third-order valence-corrected chi connectivity index (χ3v) is 4.95. The molecule has 1 aromatic carbocycles. The van der Waals surface area contributed by atoms with E-state index in [0.717, 1.165) is 10.9 Å². The molecule has 24 heavy (non-hydrogen) atoms. The zero-order chi connectivity index (χ0) is 17.9. The second kappa shape index (κ2) is 7.79. The first kappa shape index (κ1) is 18.4. The van der Waals surface area contributed by atoms with Gasteiger partial charge in [-0.15, -0.1) is 0 Å². The first-order valence-corrected chi connectivity index (χ1v) is 8.70. The lowest BCUT2D eigenvalue weighted by molar-refractivity contribution is -0.142. The monoisotopic (exact) mass is 396 g/mol. The maximum Gasteiger partial charge on any atom is 0.308 e. The topological polar surface area (TPSA) is 86.7 Å². The van der Waals surface area contributed by atoms with Crippen LogP contribution in [-0.4, -0.2) is 46.4 Å². The van der Waals surface area contributed by atoms with Crippen LogP contribution in [0.4, 0.5) is 0 Å². The Morgan fingerprint density at radius 3 is 2.46 bits per heavy atom.